The smallest absolute Gasteiger partial charge is 0.229 e. The molecule has 0 saturated heterocycles. The Balaban J connectivity index is 1.48. The number of aromatic nitrogens is 4. The maximum Gasteiger partial charge on any atom is 0.229 e. The highest BCUT2D eigenvalue weighted by atomic mass is 79.9. The van der Waals surface area contributed by atoms with Crippen molar-refractivity contribution in [2.45, 2.75) is 19.1 Å². The number of halogens is 1. The van der Waals surface area contributed by atoms with Gasteiger partial charge < -0.3 is 20.7 Å². The van der Waals surface area contributed by atoms with E-state index >= 15 is 0 Å². The Hall–Kier alpha value is -3.61. The van der Waals surface area contributed by atoms with Crippen molar-refractivity contribution in [3.63, 3.8) is 0 Å². The molecule has 1 aliphatic rings. The highest BCUT2D eigenvalue weighted by Gasteiger charge is 2.18. The minimum atomic E-state index is -3.35. The Labute approximate surface area is 235 Å². The SMILES string of the molecule is COc1cc(C2=CCNCC2)c(C)cc1Nc1ncc(Br)c(Nc2ccc3nccnc3c2CS(C)(=O)=O)n1. The highest BCUT2D eigenvalue weighted by molar-refractivity contribution is 9.10. The fourth-order valence-corrected chi connectivity index (χ4v) is 5.66. The van der Waals surface area contributed by atoms with Gasteiger partial charge in [-0.05, 0) is 76.8 Å². The van der Waals surface area contributed by atoms with Gasteiger partial charge in [0, 0.05) is 42.6 Å². The van der Waals surface area contributed by atoms with E-state index < -0.39 is 9.84 Å². The molecular weight excluding hydrogens is 582 g/mol. The summed E-state index contributed by atoms with van der Waals surface area (Å²) in [5.41, 5.74) is 6.51. The molecule has 4 aromatic rings. The van der Waals surface area contributed by atoms with Gasteiger partial charge in [-0.15, -0.1) is 0 Å². The quantitative estimate of drug-likeness (QED) is 0.253. The third kappa shape index (κ3) is 6.18. The molecule has 2 aromatic carbocycles. The van der Waals surface area contributed by atoms with Crippen LogP contribution in [0.5, 0.6) is 5.75 Å². The zero-order valence-electron chi connectivity index (χ0n) is 21.7. The van der Waals surface area contributed by atoms with Crippen LogP contribution in [0.3, 0.4) is 0 Å². The van der Waals surface area contributed by atoms with Crippen LogP contribution in [-0.2, 0) is 15.6 Å². The minimum absolute atomic E-state index is 0.200. The van der Waals surface area contributed by atoms with Crippen LogP contribution in [0.1, 0.15) is 23.1 Å². The molecule has 0 atom stereocenters. The molecular formula is C27H28BrN7O3S. The Morgan fingerprint density at radius 3 is 2.67 bits per heavy atom. The summed E-state index contributed by atoms with van der Waals surface area (Å²) in [6, 6.07) is 7.64. The minimum Gasteiger partial charge on any atom is -0.495 e. The molecule has 0 amide bonds. The zero-order valence-corrected chi connectivity index (χ0v) is 24.1. The van der Waals surface area contributed by atoms with Gasteiger partial charge in [0.05, 0.1) is 34.1 Å². The number of benzene rings is 2. The maximum atomic E-state index is 12.2. The van der Waals surface area contributed by atoms with E-state index in [4.69, 9.17) is 4.74 Å². The van der Waals surface area contributed by atoms with Gasteiger partial charge in [-0.1, -0.05) is 6.08 Å². The third-order valence-electron chi connectivity index (χ3n) is 6.35. The lowest BCUT2D eigenvalue weighted by Crippen LogP contribution is -2.20. The van der Waals surface area contributed by atoms with Gasteiger partial charge in [-0.3, -0.25) is 9.97 Å². The molecule has 0 aliphatic carbocycles. The Bertz CT molecular complexity index is 1690. The van der Waals surface area contributed by atoms with Crippen LogP contribution in [-0.4, -0.2) is 54.8 Å². The van der Waals surface area contributed by atoms with Crippen LogP contribution in [0, 0.1) is 6.92 Å². The number of methoxy groups -OCH3 is 1. The number of ether oxygens (including phenoxy) is 1. The molecule has 0 bridgehead atoms. The van der Waals surface area contributed by atoms with Crippen LogP contribution in [0.15, 0.2) is 53.4 Å². The summed E-state index contributed by atoms with van der Waals surface area (Å²) in [6.45, 7) is 3.88. The summed E-state index contributed by atoms with van der Waals surface area (Å²) >= 11 is 3.50. The van der Waals surface area contributed by atoms with E-state index in [0.29, 0.717) is 44.3 Å². The van der Waals surface area contributed by atoms with Gasteiger partial charge in [0.2, 0.25) is 5.95 Å². The molecule has 0 saturated carbocycles. The van der Waals surface area contributed by atoms with Gasteiger partial charge in [0.1, 0.15) is 11.6 Å². The van der Waals surface area contributed by atoms with Crippen molar-refractivity contribution in [1.82, 2.24) is 25.3 Å². The third-order valence-corrected chi connectivity index (χ3v) is 7.75. The van der Waals surface area contributed by atoms with E-state index in [1.807, 2.05) is 12.1 Å². The topological polar surface area (TPSA) is 131 Å². The van der Waals surface area contributed by atoms with Crippen LogP contribution >= 0.6 is 15.9 Å². The van der Waals surface area contributed by atoms with E-state index in [0.717, 1.165) is 36.3 Å². The van der Waals surface area contributed by atoms with Gasteiger partial charge >= 0.3 is 0 Å². The molecule has 39 heavy (non-hydrogen) atoms. The standard InChI is InChI=1S/C27H28BrN7O3S/c1-16-12-23(24(38-2)13-18(16)17-6-8-29-9-7-17)34-27-32-14-20(28)26(35-27)33-21-4-5-22-25(31-11-10-30-22)19(21)15-39(3,36)37/h4-6,10-14,29H,7-9,15H2,1-3H3,(H2,32,33,34,35). The van der Waals surface area contributed by atoms with Gasteiger partial charge in [-0.25, -0.2) is 13.4 Å². The molecule has 0 radical (unpaired) electrons. The monoisotopic (exact) mass is 609 g/mol. The normalized spacial score (nSPS) is 13.7. The van der Waals surface area contributed by atoms with Crippen LogP contribution < -0.4 is 20.7 Å². The first-order valence-electron chi connectivity index (χ1n) is 12.3. The number of aryl methyl sites for hydroxylation is 1. The average Bonchev–Trinajstić information content (AvgIpc) is 2.92. The molecule has 202 valence electrons. The predicted molar refractivity (Wildman–Crippen MR) is 158 cm³/mol. The molecule has 12 heteroatoms. The summed E-state index contributed by atoms with van der Waals surface area (Å²) < 4.78 is 30.8. The number of sulfone groups is 1. The second-order valence-electron chi connectivity index (χ2n) is 9.28. The molecule has 1 aliphatic heterocycles. The molecule has 10 nitrogen and oxygen atoms in total. The van der Waals surface area contributed by atoms with Gasteiger partial charge in [0.25, 0.3) is 0 Å². The number of hydrogen-bond acceptors (Lipinski definition) is 10. The number of anilines is 4. The van der Waals surface area contributed by atoms with E-state index in [-0.39, 0.29) is 5.75 Å². The first-order valence-corrected chi connectivity index (χ1v) is 15.1. The molecule has 2 aromatic heterocycles. The van der Waals surface area contributed by atoms with Crippen molar-refractivity contribution < 1.29 is 13.2 Å². The molecule has 3 heterocycles. The van der Waals surface area contributed by atoms with Crippen molar-refractivity contribution in [3.8, 4) is 5.75 Å². The maximum absolute atomic E-state index is 12.2. The largest absolute Gasteiger partial charge is 0.495 e. The van der Waals surface area contributed by atoms with Crippen molar-refractivity contribution in [2.24, 2.45) is 0 Å². The second kappa shape index (κ2) is 11.2. The average molecular weight is 611 g/mol. The van der Waals surface area contributed by atoms with E-state index in [9.17, 15) is 8.42 Å². The fourth-order valence-electron chi connectivity index (χ4n) is 4.55. The van der Waals surface area contributed by atoms with Gasteiger partial charge in [-0.2, -0.15) is 4.98 Å². The lowest BCUT2D eigenvalue weighted by Gasteiger charge is -2.19. The fraction of sp³-hybridized carbons (Fsp3) is 0.259. The van der Waals surface area contributed by atoms with E-state index in [1.54, 1.807) is 37.8 Å². The molecule has 3 N–H and O–H groups in total. The number of nitrogens with zero attached hydrogens (tertiary/aromatic N) is 4. The number of hydrogen-bond donors (Lipinski definition) is 3. The van der Waals surface area contributed by atoms with Crippen LogP contribution in [0.25, 0.3) is 16.6 Å². The Morgan fingerprint density at radius 2 is 1.92 bits per heavy atom. The summed E-state index contributed by atoms with van der Waals surface area (Å²) in [5, 5.41) is 9.88. The summed E-state index contributed by atoms with van der Waals surface area (Å²) in [4.78, 5) is 17.8. The van der Waals surface area contributed by atoms with Crippen molar-refractivity contribution in [2.75, 3.05) is 37.1 Å². The van der Waals surface area contributed by atoms with Gasteiger partial charge in [0.15, 0.2) is 9.84 Å². The molecule has 0 fully saturated rings. The van der Waals surface area contributed by atoms with Crippen molar-refractivity contribution >= 4 is 65.5 Å². The lowest BCUT2D eigenvalue weighted by molar-refractivity contribution is 0.416. The second-order valence-corrected chi connectivity index (χ2v) is 12.3. The highest BCUT2D eigenvalue weighted by Crippen LogP contribution is 2.36. The summed E-state index contributed by atoms with van der Waals surface area (Å²) in [6.07, 6.45) is 9.11. The zero-order chi connectivity index (χ0) is 27.6. The predicted octanol–water partition coefficient (Wildman–Crippen LogP) is 4.91. The van der Waals surface area contributed by atoms with Crippen molar-refractivity contribution in [3.05, 3.63) is 70.1 Å². The first-order chi connectivity index (χ1) is 18.7. The molecule has 0 unspecified atom stereocenters. The summed E-state index contributed by atoms with van der Waals surface area (Å²) in [5.74, 6) is 1.28. The number of nitrogens with one attached hydrogen (secondary N) is 3. The summed E-state index contributed by atoms with van der Waals surface area (Å²) in [7, 11) is -1.72. The van der Waals surface area contributed by atoms with E-state index in [1.165, 1.54) is 11.8 Å². The van der Waals surface area contributed by atoms with Crippen molar-refractivity contribution in [1.29, 1.82) is 0 Å². The number of fused-ring (bicyclic) bond motifs is 1. The molecule has 5 rings (SSSR count). The van der Waals surface area contributed by atoms with Crippen LogP contribution in [0.2, 0.25) is 0 Å². The lowest BCUT2D eigenvalue weighted by atomic mass is 9.95. The Morgan fingerprint density at radius 1 is 1.10 bits per heavy atom. The van der Waals surface area contributed by atoms with E-state index in [2.05, 4.69) is 64.8 Å². The van der Waals surface area contributed by atoms with Crippen LogP contribution in [0.4, 0.5) is 23.1 Å². The number of rotatable bonds is 8. The molecule has 0 spiro atoms. The Kier molecular flexibility index (Phi) is 7.78. The first kappa shape index (κ1) is 27.0.